The van der Waals surface area contributed by atoms with Crippen LogP contribution in [-0.4, -0.2) is 55.5 Å². The quantitative estimate of drug-likeness (QED) is 0.400. The minimum absolute atomic E-state index is 0.177. The number of carboxylic acids is 1. The van der Waals surface area contributed by atoms with Gasteiger partial charge in [-0.2, -0.15) is 0 Å². The van der Waals surface area contributed by atoms with Gasteiger partial charge in [0.25, 0.3) is 0 Å². The Morgan fingerprint density at radius 2 is 1.86 bits per heavy atom. The van der Waals surface area contributed by atoms with Crippen LogP contribution in [0, 0.1) is 0 Å². The topological polar surface area (TPSA) is 114 Å². The third-order valence-corrected chi connectivity index (χ3v) is 2.51. The zero-order valence-corrected chi connectivity index (χ0v) is 12.7. The molecule has 0 saturated heterocycles. The minimum Gasteiger partial charge on any atom is -0.480 e. The summed E-state index contributed by atoms with van der Waals surface area (Å²) in [4.78, 5) is 33.4. The van der Waals surface area contributed by atoms with Gasteiger partial charge >= 0.3 is 18.0 Å². The van der Waals surface area contributed by atoms with Crippen molar-refractivity contribution >= 4 is 18.0 Å². The summed E-state index contributed by atoms with van der Waals surface area (Å²) in [5.74, 6) is -1.99. The van der Waals surface area contributed by atoms with E-state index in [0.717, 1.165) is 20.0 Å². The summed E-state index contributed by atoms with van der Waals surface area (Å²) < 4.78 is 9.71. The van der Waals surface area contributed by atoms with Crippen LogP contribution in [0.2, 0.25) is 0 Å². The monoisotopic (exact) mass is 304 g/mol. The Morgan fingerprint density at radius 1 is 1.19 bits per heavy atom. The molecule has 0 unspecified atom stereocenters. The average Bonchev–Trinajstić information content (AvgIpc) is 2.41. The standard InChI is InChI=1S/C13H24N2O6/c1-9(2)21-7-5-4-6-14-13(19)15-10(12(17)18)8-11(16)20-3/h9-10H,4-8H2,1-3H3,(H,17,18)(H2,14,15,19)/t10-/m0/s1. The van der Waals surface area contributed by atoms with Crippen LogP contribution in [-0.2, 0) is 19.1 Å². The van der Waals surface area contributed by atoms with Crippen molar-refractivity contribution in [3.63, 3.8) is 0 Å². The van der Waals surface area contributed by atoms with E-state index >= 15 is 0 Å². The summed E-state index contributed by atoms with van der Waals surface area (Å²) in [6.45, 7) is 4.90. The molecular formula is C13H24N2O6. The number of urea groups is 1. The van der Waals surface area contributed by atoms with Crippen molar-refractivity contribution in [1.82, 2.24) is 10.6 Å². The third kappa shape index (κ3) is 10.6. The molecule has 0 aliphatic heterocycles. The van der Waals surface area contributed by atoms with E-state index in [4.69, 9.17) is 9.84 Å². The molecule has 0 fully saturated rings. The highest BCUT2D eigenvalue weighted by Crippen LogP contribution is 1.96. The van der Waals surface area contributed by atoms with E-state index in [9.17, 15) is 14.4 Å². The molecule has 21 heavy (non-hydrogen) atoms. The van der Waals surface area contributed by atoms with Crippen LogP contribution < -0.4 is 10.6 Å². The summed E-state index contributed by atoms with van der Waals surface area (Å²) in [7, 11) is 1.15. The second-order valence-corrected chi connectivity index (χ2v) is 4.70. The lowest BCUT2D eigenvalue weighted by Crippen LogP contribution is -2.47. The van der Waals surface area contributed by atoms with E-state index in [-0.39, 0.29) is 6.10 Å². The van der Waals surface area contributed by atoms with E-state index in [0.29, 0.717) is 13.2 Å². The van der Waals surface area contributed by atoms with Gasteiger partial charge in [0.2, 0.25) is 0 Å². The zero-order valence-electron chi connectivity index (χ0n) is 12.7. The van der Waals surface area contributed by atoms with E-state index in [1.165, 1.54) is 0 Å². The van der Waals surface area contributed by atoms with Gasteiger partial charge in [0.05, 0.1) is 19.6 Å². The molecule has 0 rings (SSSR count). The minimum atomic E-state index is -1.30. The molecule has 0 aliphatic rings. The number of rotatable bonds is 10. The number of ether oxygens (including phenoxy) is 2. The molecule has 2 amide bonds. The van der Waals surface area contributed by atoms with Gasteiger partial charge in [0.1, 0.15) is 6.04 Å². The van der Waals surface area contributed by atoms with Gasteiger partial charge in [-0.05, 0) is 26.7 Å². The Bertz CT molecular complexity index is 346. The number of hydrogen-bond donors (Lipinski definition) is 3. The predicted molar refractivity (Wildman–Crippen MR) is 74.9 cm³/mol. The fraction of sp³-hybridized carbons (Fsp3) is 0.769. The van der Waals surface area contributed by atoms with Crippen LogP contribution in [0.15, 0.2) is 0 Å². The molecular weight excluding hydrogens is 280 g/mol. The first kappa shape index (κ1) is 19.2. The molecule has 0 saturated carbocycles. The maximum Gasteiger partial charge on any atom is 0.326 e. The van der Waals surface area contributed by atoms with Crippen LogP contribution in [0.4, 0.5) is 4.79 Å². The molecule has 0 radical (unpaired) electrons. The predicted octanol–water partition coefficient (Wildman–Crippen LogP) is 0.507. The Kier molecular flexibility index (Phi) is 9.95. The highest BCUT2D eigenvalue weighted by molar-refractivity contribution is 5.86. The van der Waals surface area contributed by atoms with Gasteiger partial charge in [0, 0.05) is 13.2 Å². The molecule has 1 atom stereocenters. The lowest BCUT2D eigenvalue weighted by molar-refractivity contribution is -0.147. The molecule has 0 aromatic rings. The van der Waals surface area contributed by atoms with Crippen molar-refractivity contribution in [1.29, 1.82) is 0 Å². The van der Waals surface area contributed by atoms with Gasteiger partial charge < -0.3 is 25.2 Å². The number of amides is 2. The number of nitrogens with one attached hydrogen (secondary N) is 2. The van der Waals surface area contributed by atoms with E-state index < -0.39 is 30.4 Å². The molecule has 122 valence electrons. The second kappa shape index (κ2) is 10.9. The van der Waals surface area contributed by atoms with Gasteiger partial charge in [-0.25, -0.2) is 9.59 Å². The van der Waals surface area contributed by atoms with Crippen LogP contribution in [0.3, 0.4) is 0 Å². The van der Waals surface area contributed by atoms with Crippen molar-refractivity contribution in [3.05, 3.63) is 0 Å². The second-order valence-electron chi connectivity index (χ2n) is 4.70. The van der Waals surface area contributed by atoms with E-state index in [2.05, 4.69) is 15.4 Å². The van der Waals surface area contributed by atoms with Crippen molar-refractivity contribution in [2.45, 2.75) is 45.3 Å². The number of carbonyl (C=O) groups is 3. The molecule has 0 aromatic heterocycles. The normalized spacial score (nSPS) is 11.8. The maximum atomic E-state index is 11.5. The largest absolute Gasteiger partial charge is 0.480 e. The fourth-order valence-corrected chi connectivity index (χ4v) is 1.41. The highest BCUT2D eigenvalue weighted by Gasteiger charge is 2.23. The first-order valence-electron chi connectivity index (χ1n) is 6.82. The number of esters is 1. The van der Waals surface area contributed by atoms with Crippen molar-refractivity contribution in [2.75, 3.05) is 20.3 Å². The number of carboxylic acid groups (broad SMARTS) is 1. The van der Waals surface area contributed by atoms with Gasteiger partial charge in [0.15, 0.2) is 0 Å². The Balaban J connectivity index is 3.88. The maximum absolute atomic E-state index is 11.5. The fourth-order valence-electron chi connectivity index (χ4n) is 1.41. The SMILES string of the molecule is COC(=O)C[C@H](NC(=O)NCCCCOC(C)C)C(=O)O. The first-order valence-corrected chi connectivity index (χ1v) is 6.82. The molecule has 0 aromatic carbocycles. The summed E-state index contributed by atoms with van der Waals surface area (Å²) in [6.07, 6.45) is 1.27. The molecule has 0 heterocycles. The number of hydrogen-bond acceptors (Lipinski definition) is 5. The molecule has 0 bridgehead atoms. The summed E-state index contributed by atoms with van der Waals surface area (Å²) in [6, 6.07) is -1.93. The van der Waals surface area contributed by atoms with E-state index in [1.54, 1.807) is 0 Å². The third-order valence-electron chi connectivity index (χ3n) is 2.51. The number of methoxy groups -OCH3 is 1. The lowest BCUT2D eigenvalue weighted by atomic mass is 10.2. The van der Waals surface area contributed by atoms with Crippen molar-refractivity contribution in [2.24, 2.45) is 0 Å². The Morgan fingerprint density at radius 3 is 2.38 bits per heavy atom. The Labute approximate surface area is 124 Å². The summed E-state index contributed by atoms with van der Waals surface area (Å²) in [5.41, 5.74) is 0. The van der Waals surface area contributed by atoms with Crippen LogP contribution in [0.25, 0.3) is 0 Å². The van der Waals surface area contributed by atoms with Crippen LogP contribution in [0.1, 0.15) is 33.1 Å². The average molecular weight is 304 g/mol. The summed E-state index contributed by atoms with van der Waals surface area (Å²) in [5, 5.41) is 13.6. The van der Waals surface area contributed by atoms with Gasteiger partial charge in [-0.3, -0.25) is 4.79 Å². The number of aliphatic carboxylic acids is 1. The van der Waals surface area contributed by atoms with Crippen molar-refractivity contribution in [3.8, 4) is 0 Å². The van der Waals surface area contributed by atoms with Crippen molar-refractivity contribution < 1.29 is 29.0 Å². The van der Waals surface area contributed by atoms with Crippen LogP contribution in [0.5, 0.6) is 0 Å². The zero-order chi connectivity index (χ0) is 16.3. The van der Waals surface area contributed by atoms with Gasteiger partial charge in [-0.1, -0.05) is 0 Å². The molecule has 8 nitrogen and oxygen atoms in total. The summed E-state index contributed by atoms with van der Waals surface area (Å²) >= 11 is 0. The molecule has 0 aliphatic carbocycles. The first-order chi connectivity index (χ1) is 9.86. The number of unbranched alkanes of at least 4 members (excludes halogenated alkanes) is 1. The number of carbonyl (C=O) groups excluding carboxylic acids is 2. The molecule has 0 spiro atoms. The van der Waals surface area contributed by atoms with E-state index in [1.807, 2.05) is 13.8 Å². The highest BCUT2D eigenvalue weighted by atomic mass is 16.5. The molecule has 3 N–H and O–H groups in total. The lowest BCUT2D eigenvalue weighted by Gasteiger charge is -2.14. The Hall–Kier alpha value is -1.83. The molecule has 8 heteroatoms. The smallest absolute Gasteiger partial charge is 0.326 e. The van der Waals surface area contributed by atoms with Gasteiger partial charge in [-0.15, -0.1) is 0 Å². The van der Waals surface area contributed by atoms with Crippen LogP contribution >= 0.6 is 0 Å².